The van der Waals surface area contributed by atoms with Gasteiger partial charge in [-0.15, -0.1) is 0 Å². The molecule has 0 saturated carbocycles. The number of rotatable bonds is 6. The van der Waals surface area contributed by atoms with Crippen molar-refractivity contribution in [3.63, 3.8) is 0 Å². The van der Waals surface area contributed by atoms with Crippen molar-refractivity contribution >= 4 is 11.0 Å². The van der Waals surface area contributed by atoms with Gasteiger partial charge in [-0.05, 0) is 68.3 Å². The first-order valence-corrected chi connectivity index (χ1v) is 9.56. The Bertz CT molecular complexity index is 925. The standard InChI is InChI=1S/C22H26N4O/c1-16(2)15-27-19-6-3-5-17(13-19)14-26-11-8-18(9-12-26)21-20-7-4-10-23-22(20)25-24-21/h3-7,10,13,18H,1,8-9,11-12,14-15H2,2H3,(H,23,24,25). The molecule has 5 heteroatoms. The van der Waals surface area contributed by atoms with Crippen molar-refractivity contribution in [1.82, 2.24) is 20.1 Å². The number of aromatic nitrogens is 3. The summed E-state index contributed by atoms with van der Waals surface area (Å²) in [6.45, 7) is 9.57. The summed E-state index contributed by atoms with van der Waals surface area (Å²) in [6, 6.07) is 12.5. The second-order valence-electron chi connectivity index (χ2n) is 7.46. The molecule has 4 rings (SSSR count). The molecule has 0 atom stereocenters. The molecule has 1 aliphatic heterocycles. The SMILES string of the molecule is C=C(C)COc1cccc(CN2CCC(c3[nH]nc4ncccc34)CC2)c1. The van der Waals surface area contributed by atoms with E-state index in [4.69, 9.17) is 4.74 Å². The number of piperidine rings is 1. The summed E-state index contributed by atoms with van der Waals surface area (Å²) < 4.78 is 5.77. The highest BCUT2D eigenvalue weighted by atomic mass is 16.5. The predicted octanol–water partition coefficient (Wildman–Crippen LogP) is 4.29. The first kappa shape index (κ1) is 17.7. The van der Waals surface area contributed by atoms with E-state index in [1.807, 2.05) is 19.1 Å². The van der Waals surface area contributed by atoms with Crippen LogP contribution < -0.4 is 4.74 Å². The molecular weight excluding hydrogens is 336 g/mol. The molecule has 1 fully saturated rings. The Morgan fingerprint density at radius 2 is 2.11 bits per heavy atom. The second-order valence-corrected chi connectivity index (χ2v) is 7.46. The maximum absolute atomic E-state index is 5.77. The summed E-state index contributed by atoms with van der Waals surface area (Å²) in [5.74, 6) is 1.45. The van der Waals surface area contributed by atoms with E-state index >= 15 is 0 Å². The fraction of sp³-hybridized carbons (Fsp3) is 0.364. The van der Waals surface area contributed by atoms with Gasteiger partial charge in [-0.1, -0.05) is 18.7 Å². The molecule has 3 aromatic rings. The van der Waals surface area contributed by atoms with Crippen molar-refractivity contribution in [2.24, 2.45) is 0 Å². The largest absolute Gasteiger partial charge is 0.489 e. The van der Waals surface area contributed by atoms with Crippen molar-refractivity contribution in [3.8, 4) is 5.75 Å². The van der Waals surface area contributed by atoms with Crippen LogP contribution in [0, 0.1) is 0 Å². The first-order valence-electron chi connectivity index (χ1n) is 9.56. The van der Waals surface area contributed by atoms with Crippen molar-refractivity contribution in [3.05, 3.63) is 66.0 Å². The van der Waals surface area contributed by atoms with Crippen molar-refractivity contribution < 1.29 is 4.74 Å². The lowest BCUT2D eigenvalue weighted by molar-refractivity contribution is 0.203. The van der Waals surface area contributed by atoms with Gasteiger partial charge in [-0.3, -0.25) is 10.00 Å². The van der Waals surface area contributed by atoms with E-state index in [9.17, 15) is 0 Å². The summed E-state index contributed by atoms with van der Waals surface area (Å²) in [6.07, 6.45) is 4.07. The average molecular weight is 362 g/mol. The fourth-order valence-electron chi connectivity index (χ4n) is 3.76. The average Bonchev–Trinajstić information content (AvgIpc) is 3.11. The van der Waals surface area contributed by atoms with Crippen LogP contribution in [0.15, 0.2) is 54.7 Å². The van der Waals surface area contributed by atoms with Gasteiger partial charge in [0.2, 0.25) is 0 Å². The first-order chi connectivity index (χ1) is 13.2. The number of likely N-dealkylation sites (tertiary alicyclic amines) is 1. The maximum atomic E-state index is 5.77. The Labute approximate surface area is 160 Å². The minimum absolute atomic E-state index is 0.528. The van der Waals surface area contributed by atoms with Crippen LogP contribution in [-0.4, -0.2) is 39.8 Å². The number of hydrogen-bond acceptors (Lipinski definition) is 4. The zero-order valence-corrected chi connectivity index (χ0v) is 15.8. The molecule has 1 aromatic carbocycles. The van der Waals surface area contributed by atoms with Gasteiger partial charge in [0.25, 0.3) is 0 Å². The molecule has 0 aliphatic carbocycles. The smallest absolute Gasteiger partial charge is 0.181 e. The molecule has 0 bridgehead atoms. The van der Waals surface area contributed by atoms with Crippen molar-refractivity contribution in [2.75, 3.05) is 19.7 Å². The van der Waals surface area contributed by atoms with Crippen LogP contribution >= 0.6 is 0 Å². The van der Waals surface area contributed by atoms with Crippen LogP contribution in [0.1, 0.15) is 36.9 Å². The third-order valence-corrected chi connectivity index (χ3v) is 5.14. The van der Waals surface area contributed by atoms with Gasteiger partial charge >= 0.3 is 0 Å². The molecule has 140 valence electrons. The molecular formula is C22H26N4O. The number of nitrogens with zero attached hydrogens (tertiary/aromatic N) is 3. The quantitative estimate of drug-likeness (QED) is 0.665. The van der Waals surface area contributed by atoms with Gasteiger partial charge in [0.05, 0.1) is 0 Å². The fourth-order valence-corrected chi connectivity index (χ4v) is 3.76. The van der Waals surface area contributed by atoms with Crippen LogP contribution in [0.2, 0.25) is 0 Å². The lowest BCUT2D eigenvalue weighted by atomic mass is 9.92. The lowest BCUT2D eigenvalue weighted by Crippen LogP contribution is -2.32. The lowest BCUT2D eigenvalue weighted by Gasteiger charge is -2.31. The van der Waals surface area contributed by atoms with Crippen LogP contribution in [0.5, 0.6) is 5.75 Å². The van der Waals surface area contributed by atoms with E-state index in [1.54, 1.807) is 6.20 Å². The van der Waals surface area contributed by atoms with Crippen molar-refractivity contribution in [2.45, 2.75) is 32.2 Å². The van der Waals surface area contributed by atoms with E-state index in [1.165, 1.54) is 16.6 Å². The Morgan fingerprint density at radius 3 is 2.93 bits per heavy atom. The van der Waals surface area contributed by atoms with Gasteiger partial charge in [-0.2, -0.15) is 5.10 Å². The van der Waals surface area contributed by atoms with E-state index < -0.39 is 0 Å². The molecule has 0 spiro atoms. The highest BCUT2D eigenvalue weighted by Gasteiger charge is 2.23. The Balaban J connectivity index is 1.36. The van der Waals surface area contributed by atoms with Crippen LogP contribution in [0.3, 0.4) is 0 Å². The molecule has 1 N–H and O–H groups in total. The summed E-state index contributed by atoms with van der Waals surface area (Å²) in [7, 11) is 0. The third-order valence-electron chi connectivity index (χ3n) is 5.14. The van der Waals surface area contributed by atoms with Gasteiger partial charge in [0.1, 0.15) is 12.4 Å². The van der Waals surface area contributed by atoms with Gasteiger partial charge in [0, 0.05) is 29.7 Å². The van der Waals surface area contributed by atoms with Gasteiger partial charge < -0.3 is 4.74 Å². The predicted molar refractivity (Wildman–Crippen MR) is 108 cm³/mol. The van der Waals surface area contributed by atoms with E-state index in [2.05, 4.69) is 50.9 Å². The molecule has 5 nitrogen and oxygen atoms in total. The van der Waals surface area contributed by atoms with Gasteiger partial charge in [0.15, 0.2) is 5.65 Å². The Hall–Kier alpha value is -2.66. The van der Waals surface area contributed by atoms with Gasteiger partial charge in [-0.25, -0.2) is 4.98 Å². The molecule has 3 heterocycles. The van der Waals surface area contributed by atoms with E-state index in [-0.39, 0.29) is 0 Å². The number of benzene rings is 1. The van der Waals surface area contributed by atoms with Crippen LogP contribution in [0.4, 0.5) is 0 Å². The minimum Gasteiger partial charge on any atom is -0.489 e. The highest BCUT2D eigenvalue weighted by molar-refractivity contribution is 5.77. The summed E-state index contributed by atoms with van der Waals surface area (Å²) in [5, 5.41) is 8.74. The third kappa shape index (κ3) is 4.19. The number of fused-ring (bicyclic) bond motifs is 1. The Morgan fingerprint density at radius 1 is 1.26 bits per heavy atom. The monoisotopic (exact) mass is 362 g/mol. The second kappa shape index (κ2) is 7.92. The molecule has 0 amide bonds. The summed E-state index contributed by atoms with van der Waals surface area (Å²) >= 11 is 0. The molecule has 27 heavy (non-hydrogen) atoms. The number of hydrogen-bond donors (Lipinski definition) is 1. The number of pyridine rings is 1. The molecule has 2 aromatic heterocycles. The van der Waals surface area contributed by atoms with E-state index in [0.29, 0.717) is 12.5 Å². The molecule has 0 radical (unpaired) electrons. The Kier molecular flexibility index (Phi) is 5.21. The normalized spacial score (nSPS) is 15.9. The van der Waals surface area contributed by atoms with Crippen molar-refractivity contribution in [1.29, 1.82) is 0 Å². The molecule has 1 aliphatic rings. The van der Waals surface area contributed by atoms with Crippen LogP contribution in [0.25, 0.3) is 11.0 Å². The summed E-state index contributed by atoms with van der Waals surface area (Å²) in [4.78, 5) is 6.85. The minimum atomic E-state index is 0.528. The number of nitrogens with one attached hydrogen (secondary N) is 1. The zero-order valence-electron chi connectivity index (χ0n) is 15.8. The number of H-pyrrole nitrogens is 1. The summed E-state index contributed by atoms with van der Waals surface area (Å²) in [5.41, 5.74) is 4.39. The van der Waals surface area contributed by atoms with E-state index in [0.717, 1.165) is 49.4 Å². The zero-order chi connectivity index (χ0) is 18.6. The molecule has 0 unspecified atom stereocenters. The van der Waals surface area contributed by atoms with Crippen LogP contribution in [-0.2, 0) is 6.54 Å². The topological polar surface area (TPSA) is 54.0 Å². The number of aromatic amines is 1. The molecule has 1 saturated heterocycles. The highest BCUT2D eigenvalue weighted by Crippen LogP contribution is 2.31. The number of ether oxygens (including phenoxy) is 1. The maximum Gasteiger partial charge on any atom is 0.181 e.